The van der Waals surface area contributed by atoms with Crippen LogP contribution >= 0.6 is 23.2 Å². The highest BCUT2D eigenvalue weighted by atomic mass is 35.5. The minimum Gasteiger partial charge on any atom is -0.435 e. The topological polar surface area (TPSA) is 112 Å². The normalized spacial score (nSPS) is 11.1. The molecule has 2 aromatic heterocycles. The number of fused-ring (bicyclic) bond motifs is 1. The SMILES string of the molecule is Cc1cc(CCCl)cc(Oc2nc(Oc3cc(C(=N)N)ccc3Cl)c3nc(C)n(Cc4ccccc4)c3n2)c1. The Hall–Kier alpha value is -4.14. The summed E-state index contributed by atoms with van der Waals surface area (Å²) in [6.45, 7) is 4.44. The molecular weight excluding hydrogens is 535 g/mol. The van der Waals surface area contributed by atoms with E-state index in [0.29, 0.717) is 46.3 Å². The van der Waals surface area contributed by atoms with Crippen molar-refractivity contribution in [2.24, 2.45) is 5.73 Å². The van der Waals surface area contributed by atoms with Crippen molar-refractivity contribution in [2.45, 2.75) is 26.8 Å². The average molecular weight is 561 g/mol. The number of benzene rings is 3. The highest BCUT2D eigenvalue weighted by molar-refractivity contribution is 6.32. The van der Waals surface area contributed by atoms with E-state index in [9.17, 15) is 0 Å². The maximum absolute atomic E-state index is 7.78. The average Bonchev–Trinajstić information content (AvgIpc) is 3.20. The van der Waals surface area contributed by atoms with Crippen molar-refractivity contribution in [1.82, 2.24) is 19.5 Å². The third kappa shape index (κ3) is 5.97. The lowest BCUT2D eigenvalue weighted by Gasteiger charge is -2.12. The Morgan fingerprint density at radius 3 is 2.49 bits per heavy atom. The van der Waals surface area contributed by atoms with Crippen molar-refractivity contribution in [3.8, 4) is 23.4 Å². The number of nitrogens with zero attached hydrogens (tertiary/aromatic N) is 4. The first-order valence-corrected chi connectivity index (χ1v) is 13.2. The lowest BCUT2D eigenvalue weighted by Crippen LogP contribution is -2.10. The molecule has 5 aromatic rings. The molecule has 3 N–H and O–H groups in total. The van der Waals surface area contributed by atoms with Crippen molar-refractivity contribution in [3.05, 3.63) is 99.8 Å². The summed E-state index contributed by atoms with van der Waals surface area (Å²) in [6, 6.07) is 20.9. The lowest BCUT2D eigenvalue weighted by molar-refractivity contribution is 0.415. The molecule has 0 aliphatic rings. The second-order valence-corrected chi connectivity index (χ2v) is 9.86. The van der Waals surface area contributed by atoms with Gasteiger partial charge in [0, 0.05) is 11.4 Å². The largest absolute Gasteiger partial charge is 0.435 e. The number of nitrogens with one attached hydrogen (secondary N) is 1. The number of hydrogen-bond donors (Lipinski definition) is 2. The number of amidine groups is 1. The number of halogens is 2. The fourth-order valence-electron chi connectivity index (χ4n) is 4.23. The van der Waals surface area contributed by atoms with Gasteiger partial charge in [0.2, 0.25) is 0 Å². The molecule has 0 amide bonds. The number of rotatable bonds is 9. The summed E-state index contributed by atoms with van der Waals surface area (Å²) in [5.41, 5.74) is 10.3. The van der Waals surface area contributed by atoms with Gasteiger partial charge < -0.3 is 19.8 Å². The van der Waals surface area contributed by atoms with Crippen molar-refractivity contribution >= 4 is 40.2 Å². The van der Waals surface area contributed by atoms with Gasteiger partial charge in [-0.3, -0.25) is 5.41 Å². The van der Waals surface area contributed by atoms with Gasteiger partial charge in [-0.2, -0.15) is 9.97 Å². The van der Waals surface area contributed by atoms with Gasteiger partial charge in [0.25, 0.3) is 5.88 Å². The Labute approximate surface area is 235 Å². The number of hydrogen-bond acceptors (Lipinski definition) is 6. The van der Waals surface area contributed by atoms with E-state index in [1.165, 1.54) is 0 Å². The Kier molecular flexibility index (Phi) is 7.67. The molecule has 0 radical (unpaired) electrons. The van der Waals surface area contributed by atoms with Crippen LogP contribution in [0.5, 0.6) is 23.4 Å². The van der Waals surface area contributed by atoms with Gasteiger partial charge >= 0.3 is 6.01 Å². The number of ether oxygens (including phenoxy) is 2. The standard InChI is InChI=1S/C29H26Cl2N6O2/c1-17-12-20(10-11-30)14-22(13-17)38-29-35-27-25(34-18(2)37(27)16-19-6-4-3-5-7-19)28(36-29)39-24-15-21(26(32)33)8-9-23(24)31/h3-9,12-15H,10-11,16H2,1-2H3,(H3,32,33). The molecule has 0 saturated carbocycles. The summed E-state index contributed by atoms with van der Waals surface area (Å²) in [7, 11) is 0. The minimum atomic E-state index is -0.108. The van der Waals surface area contributed by atoms with Gasteiger partial charge in [0.15, 0.2) is 11.2 Å². The molecule has 0 saturated heterocycles. The molecule has 0 atom stereocenters. The van der Waals surface area contributed by atoms with Crippen molar-refractivity contribution in [1.29, 1.82) is 5.41 Å². The summed E-state index contributed by atoms with van der Waals surface area (Å²) >= 11 is 12.4. The highest BCUT2D eigenvalue weighted by Gasteiger charge is 2.20. The van der Waals surface area contributed by atoms with Crippen LogP contribution in [0.3, 0.4) is 0 Å². The zero-order valence-corrected chi connectivity index (χ0v) is 22.9. The van der Waals surface area contributed by atoms with E-state index in [-0.39, 0.29) is 23.5 Å². The predicted molar refractivity (Wildman–Crippen MR) is 154 cm³/mol. The first-order chi connectivity index (χ1) is 18.8. The molecule has 8 nitrogen and oxygen atoms in total. The number of nitrogens with two attached hydrogens (primary N) is 1. The summed E-state index contributed by atoms with van der Waals surface area (Å²) in [4.78, 5) is 14.0. The third-order valence-corrected chi connectivity index (χ3v) is 6.57. The maximum atomic E-state index is 7.78. The number of alkyl halides is 1. The Balaban J connectivity index is 1.63. The lowest BCUT2D eigenvalue weighted by atomic mass is 10.1. The Morgan fingerprint density at radius 1 is 0.949 bits per heavy atom. The van der Waals surface area contributed by atoms with Crippen molar-refractivity contribution in [2.75, 3.05) is 5.88 Å². The molecule has 5 rings (SSSR count). The second kappa shape index (κ2) is 11.3. The van der Waals surface area contributed by atoms with Gasteiger partial charge in [0.1, 0.15) is 23.2 Å². The maximum Gasteiger partial charge on any atom is 0.327 e. The summed E-state index contributed by atoms with van der Waals surface area (Å²) in [5.74, 6) is 2.16. The van der Waals surface area contributed by atoms with Crippen LogP contribution in [0.25, 0.3) is 11.2 Å². The smallest absolute Gasteiger partial charge is 0.327 e. The summed E-state index contributed by atoms with van der Waals surface area (Å²) < 4.78 is 14.3. The molecule has 3 aromatic carbocycles. The number of nitrogen functional groups attached to an aromatic ring is 1. The summed E-state index contributed by atoms with van der Waals surface area (Å²) in [6.07, 6.45) is 0.710. The third-order valence-electron chi connectivity index (χ3n) is 6.07. The highest BCUT2D eigenvalue weighted by Crippen LogP contribution is 2.35. The molecular formula is C29H26Cl2N6O2. The van der Waals surface area contributed by atoms with Crippen LogP contribution in [0.1, 0.15) is 28.1 Å². The Bertz CT molecular complexity index is 1670. The van der Waals surface area contributed by atoms with Crippen LogP contribution < -0.4 is 15.2 Å². The molecule has 0 fully saturated rings. The number of imidazole rings is 1. The molecule has 0 spiro atoms. The fourth-order valence-corrected chi connectivity index (χ4v) is 4.61. The van der Waals surface area contributed by atoms with Crippen LogP contribution in [0.2, 0.25) is 5.02 Å². The van der Waals surface area contributed by atoms with Crippen LogP contribution in [0.15, 0.2) is 66.7 Å². The monoisotopic (exact) mass is 560 g/mol. The van der Waals surface area contributed by atoms with Gasteiger partial charge in [-0.15, -0.1) is 11.6 Å². The predicted octanol–water partition coefficient (Wildman–Crippen LogP) is 6.79. The van der Waals surface area contributed by atoms with E-state index in [2.05, 4.69) is 11.1 Å². The summed E-state index contributed by atoms with van der Waals surface area (Å²) in [5, 5.41) is 8.12. The van der Waals surface area contributed by atoms with E-state index < -0.39 is 0 Å². The zero-order chi connectivity index (χ0) is 27.5. The van der Waals surface area contributed by atoms with Gasteiger partial charge in [-0.05, 0) is 67.3 Å². The van der Waals surface area contributed by atoms with E-state index in [0.717, 1.165) is 22.5 Å². The number of aromatic nitrogens is 4. The van der Waals surface area contributed by atoms with Crippen molar-refractivity contribution in [3.63, 3.8) is 0 Å². The molecule has 0 unspecified atom stereocenters. The van der Waals surface area contributed by atoms with Crippen LogP contribution in [0.4, 0.5) is 0 Å². The van der Waals surface area contributed by atoms with Gasteiger partial charge in [-0.25, -0.2) is 4.98 Å². The van der Waals surface area contributed by atoms with Crippen LogP contribution in [-0.4, -0.2) is 31.2 Å². The Morgan fingerprint density at radius 2 is 1.74 bits per heavy atom. The van der Waals surface area contributed by atoms with Gasteiger partial charge in [0.05, 0.1) is 11.6 Å². The van der Waals surface area contributed by atoms with E-state index >= 15 is 0 Å². The molecule has 10 heteroatoms. The first-order valence-electron chi connectivity index (χ1n) is 12.3. The molecule has 39 heavy (non-hydrogen) atoms. The fraction of sp³-hybridized carbons (Fsp3) is 0.172. The molecule has 0 bridgehead atoms. The molecule has 0 aliphatic carbocycles. The van der Waals surface area contributed by atoms with E-state index in [1.54, 1.807) is 18.2 Å². The van der Waals surface area contributed by atoms with Gasteiger partial charge in [-0.1, -0.05) is 48.0 Å². The van der Waals surface area contributed by atoms with E-state index in [1.807, 2.05) is 60.9 Å². The van der Waals surface area contributed by atoms with Crippen LogP contribution in [-0.2, 0) is 13.0 Å². The number of aryl methyl sites for hydroxylation is 3. The van der Waals surface area contributed by atoms with Crippen LogP contribution in [0, 0.1) is 19.3 Å². The van der Waals surface area contributed by atoms with E-state index in [4.69, 9.17) is 53.8 Å². The molecule has 198 valence electrons. The first kappa shape index (κ1) is 26.5. The molecule has 0 aliphatic heterocycles. The quantitative estimate of drug-likeness (QED) is 0.116. The second-order valence-electron chi connectivity index (χ2n) is 9.07. The minimum absolute atomic E-state index is 0.0907. The van der Waals surface area contributed by atoms with Crippen molar-refractivity contribution < 1.29 is 9.47 Å². The molecule has 2 heterocycles. The zero-order valence-electron chi connectivity index (χ0n) is 21.4.